The fourth-order valence-corrected chi connectivity index (χ4v) is 3.61. The van der Waals surface area contributed by atoms with Gasteiger partial charge >= 0.3 is 0 Å². The molecule has 1 aromatic carbocycles. The second-order valence-corrected chi connectivity index (χ2v) is 7.06. The van der Waals surface area contributed by atoms with E-state index in [0.29, 0.717) is 18.5 Å². The zero-order valence-corrected chi connectivity index (χ0v) is 16.1. The van der Waals surface area contributed by atoms with E-state index in [1.54, 1.807) is 18.0 Å². The fraction of sp³-hybridized carbons (Fsp3) is 0.381. The first kappa shape index (κ1) is 18.6. The van der Waals surface area contributed by atoms with Crippen molar-refractivity contribution in [2.45, 2.75) is 13.1 Å². The third-order valence-corrected chi connectivity index (χ3v) is 5.21. The van der Waals surface area contributed by atoms with Crippen LogP contribution in [0.3, 0.4) is 0 Å². The van der Waals surface area contributed by atoms with E-state index in [1.165, 1.54) is 5.56 Å². The summed E-state index contributed by atoms with van der Waals surface area (Å²) in [6.45, 7) is 5.85. The van der Waals surface area contributed by atoms with Gasteiger partial charge in [0.05, 0.1) is 30.4 Å². The van der Waals surface area contributed by atoms with Crippen molar-refractivity contribution in [3.8, 4) is 0 Å². The van der Waals surface area contributed by atoms with E-state index < -0.39 is 0 Å². The minimum atomic E-state index is -0.0186. The highest BCUT2D eigenvalue weighted by molar-refractivity contribution is 5.81. The Morgan fingerprint density at radius 3 is 2.75 bits per heavy atom. The Labute approximate surface area is 164 Å². The van der Waals surface area contributed by atoms with E-state index in [9.17, 15) is 4.79 Å². The van der Waals surface area contributed by atoms with Crippen LogP contribution in [0, 0.1) is 0 Å². The summed E-state index contributed by atoms with van der Waals surface area (Å²) in [5, 5.41) is 0.651. The number of pyridine rings is 1. The summed E-state index contributed by atoms with van der Waals surface area (Å²) in [6.07, 6.45) is 5.35. The molecule has 7 heteroatoms. The van der Waals surface area contributed by atoms with Crippen LogP contribution in [0.2, 0.25) is 0 Å². The van der Waals surface area contributed by atoms with Gasteiger partial charge in [-0.15, -0.1) is 0 Å². The number of hydrogen-bond donors (Lipinski definition) is 0. The number of ether oxygens (including phenoxy) is 1. The minimum Gasteiger partial charge on any atom is -0.383 e. The molecule has 28 heavy (non-hydrogen) atoms. The molecule has 0 radical (unpaired) electrons. The Bertz CT molecular complexity index is 981. The summed E-state index contributed by atoms with van der Waals surface area (Å²) in [5.41, 5.74) is 3.09. The predicted octanol–water partition coefficient (Wildman–Crippen LogP) is 1.76. The number of nitrogens with zero attached hydrogens (tertiary/aromatic N) is 5. The number of hydrogen-bond acceptors (Lipinski definition) is 6. The number of aromatic nitrogens is 3. The van der Waals surface area contributed by atoms with E-state index in [4.69, 9.17) is 4.74 Å². The van der Waals surface area contributed by atoms with Crippen molar-refractivity contribution in [1.29, 1.82) is 0 Å². The summed E-state index contributed by atoms with van der Waals surface area (Å²) in [5.74, 6) is 0. The van der Waals surface area contributed by atoms with E-state index in [0.717, 1.165) is 43.9 Å². The summed E-state index contributed by atoms with van der Waals surface area (Å²) >= 11 is 0. The molecule has 0 bridgehead atoms. The van der Waals surface area contributed by atoms with Gasteiger partial charge in [-0.1, -0.05) is 6.07 Å². The molecule has 1 aliphatic rings. The fourth-order valence-electron chi connectivity index (χ4n) is 3.61. The minimum absolute atomic E-state index is 0.0186. The highest BCUT2D eigenvalue weighted by Crippen LogP contribution is 2.21. The molecule has 3 aromatic rings. The van der Waals surface area contributed by atoms with Crippen LogP contribution < -0.4 is 10.5 Å². The molecule has 146 valence electrons. The molecule has 0 atom stereocenters. The molecule has 0 saturated carbocycles. The molecular formula is C21H25N5O2. The molecule has 1 saturated heterocycles. The van der Waals surface area contributed by atoms with Crippen LogP contribution in [0.15, 0.2) is 53.8 Å². The van der Waals surface area contributed by atoms with Gasteiger partial charge in [-0.3, -0.25) is 19.2 Å². The number of piperazine rings is 1. The van der Waals surface area contributed by atoms with Gasteiger partial charge in [-0.25, -0.2) is 4.98 Å². The van der Waals surface area contributed by atoms with Gasteiger partial charge in [0, 0.05) is 57.9 Å². The maximum absolute atomic E-state index is 12.6. The average molecular weight is 379 g/mol. The smallest absolute Gasteiger partial charge is 0.261 e. The van der Waals surface area contributed by atoms with E-state index in [-0.39, 0.29) is 5.56 Å². The van der Waals surface area contributed by atoms with Gasteiger partial charge in [-0.05, 0) is 29.8 Å². The molecule has 0 amide bonds. The summed E-state index contributed by atoms with van der Waals surface area (Å²) in [7, 11) is 1.63. The third-order valence-electron chi connectivity index (χ3n) is 5.21. The number of methoxy groups -OCH3 is 1. The lowest BCUT2D eigenvalue weighted by molar-refractivity contribution is 0.186. The van der Waals surface area contributed by atoms with Crippen molar-refractivity contribution in [2.75, 3.05) is 44.8 Å². The largest absolute Gasteiger partial charge is 0.383 e. The van der Waals surface area contributed by atoms with Crippen LogP contribution in [0.5, 0.6) is 0 Å². The molecule has 0 spiro atoms. The van der Waals surface area contributed by atoms with Crippen LogP contribution >= 0.6 is 0 Å². The zero-order valence-electron chi connectivity index (χ0n) is 16.1. The topological polar surface area (TPSA) is 63.5 Å². The van der Waals surface area contributed by atoms with E-state index in [2.05, 4.69) is 25.8 Å². The molecule has 7 nitrogen and oxygen atoms in total. The Morgan fingerprint density at radius 1 is 1.14 bits per heavy atom. The normalized spacial score (nSPS) is 15.2. The molecular weight excluding hydrogens is 354 g/mol. The lowest BCUT2D eigenvalue weighted by atomic mass is 10.2. The van der Waals surface area contributed by atoms with Gasteiger partial charge in [0.25, 0.3) is 5.56 Å². The molecule has 1 fully saturated rings. The summed E-state index contributed by atoms with van der Waals surface area (Å²) in [4.78, 5) is 26.1. The highest BCUT2D eigenvalue weighted by Gasteiger charge is 2.18. The second-order valence-electron chi connectivity index (χ2n) is 7.06. The van der Waals surface area contributed by atoms with Crippen molar-refractivity contribution in [3.63, 3.8) is 0 Å². The first-order valence-corrected chi connectivity index (χ1v) is 9.59. The molecule has 0 N–H and O–H groups in total. The first-order chi connectivity index (χ1) is 13.7. The van der Waals surface area contributed by atoms with Crippen LogP contribution in [0.1, 0.15) is 5.56 Å². The van der Waals surface area contributed by atoms with Gasteiger partial charge < -0.3 is 9.64 Å². The lowest BCUT2D eigenvalue weighted by Crippen LogP contribution is -2.46. The average Bonchev–Trinajstić information content (AvgIpc) is 2.74. The van der Waals surface area contributed by atoms with Gasteiger partial charge in [0.15, 0.2) is 0 Å². The summed E-state index contributed by atoms with van der Waals surface area (Å²) in [6, 6.07) is 10.0. The second kappa shape index (κ2) is 8.50. The number of anilines is 1. The molecule has 4 rings (SSSR count). The number of fused-ring (bicyclic) bond motifs is 1. The first-order valence-electron chi connectivity index (χ1n) is 9.59. The maximum Gasteiger partial charge on any atom is 0.261 e. The monoisotopic (exact) mass is 379 g/mol. The standard InChI is InChI=1S/C21H25N5O2/c1-28-12-11-26-16-23-20-13-18(4-5-19(20)21(26)27)25-9-7-24(8-10-25)15-17-3-2-6-22-14-17/h2-6,13-14,16H,7-12,15H2,1H3. The molecule has 0 unspecified atom stereocenters. The van der Waals surface area contributed by atoms with Gasteiger partial charge in [0.1, 0.15) is 0 Å². The zero-order chi connectivity index (χ0) is 19.3. The van der Waals surface area contributed by atoms with Crippen LogP contribution in [0.4, 0.5) is 5.69 Å². The molecule has 2 aromatic heterocycles. The quantitative estimate of drug-likeness (QED) is 0.650. The number of rotatable bonds is 6. The van der Waals surface area contributed by atoms with Crippen molar-refractivity contribution >= 4 is 16.6 Å². The maximum atomic E-state index is 12.6. The Kier molecular flexibility index (Phi) is 5.64. The van der Waals surface area contributed by atoms with Crippen LogP contribution in [-0.4, -0.2) is 59.3 Å². The summed E-state index contributed by atoms with van der Waals surface area (Å²) < 4.78 is 6.66. The van der Waals surface area contributed by atoms with Crippen molar-refractivity contribution < 1.29 is 4.74 Å². The Hall–Kier alpha value is -2.77. The Morgan fingerprint density at radius 2 is 2.00 bits per heavy atom. The van der Waals surface area contributed by atoms with Crippen LogP contribution in [-0.2, 0) is 17.8 Å². The van der Waals surface area contributed by atoms with Gasteiger partial charge in [-0.2, -0.15) is 0 Å². The molecule has 0 aliphatic carbocycles. The number of benzene rings is 1. The van der Waals surface area contributed by atoms with E-state index >= 15 is 0 Å². The van der Waals surface area contributed by atoms with Crippen molar-refractivity contribution in [3.05, 3.63) is 65.0 Å². The third kappa shape index (κ3) is 4.05. The highest BCUT2D eigenvalue weighted by atomic mass is 16.5. The van der Waals surface area contributed by atoms with Gasteiger partial charge in [0.2, 0.25) is 0 Å². The molecule has 1 aliphatic heterocycles. The van der Waals surface area contributed by atoms with E-state index in [1.807, 2.05) is 36.7 Å². The SMILES string of the molecule is COCCn1cnc2cc(N3CCN(Cc4cccnc4)CC3)ccc2c1=O. The Balaban J connectivity index is 1.44. The predicted molar refractivity (Wildman–Crippen MR) is 110 cm³/mol. The van der Waals surface area contributed by atoms with Crippen molar-refractivity contribution in [2.24, 2.45) is 0 Å². The van der Waals surface area contributed by atoms with Crippen molar-refractivity contribution in [1.82, 2.24) is 19.4 Å². The lowest BCUT2D eigenvalue weighted by Gasteiger charge is -2.36. The van der Waals surface area contributed by atoms with Crippen LogP contribution in [0.25, 0.3) is 10.9 Å². The molecule has 3 heterocycles.